The maximum Gasteiger partial charge on any atom is 0.261 e. The average Bonchev–Trinajstić information content (AvgIpc) is 3.14. The van der Waals surface area contributed by atoms with Crippen molar-refractivity contribution in [3.8, 4) is 11.3 Å². The molecule has 1 heterocycles. The Morgan fingerprint density at radius 2 is 1.57 bits per heavy atom. The lowest BCUT2D eigenvalue weighted by atomic mass is 10.1. The minimum Gasteiger partial charge on any atom is -0.459 e. The van der Waals surface area contributed by atoms with Crippen molar-refractivity contribution in [1.82, 2.24) is 0 Å². The third kappa shape index (κ3) is 3.46. The molecule has 0 atom stereocenters. The van der Waals surface area contributed by atoms with Crippen LogP contribution < -0.4 is 5.32 Å². The van der Waals surface area contributed by atoms with E-state index in [1.54, 1.807) is 6.07 Å². The van der Waals surface area contributed by atoms with Gasteiger partial charge < -0.3 is 14.8 Å². The Kier molecular flexibility index (Phi) is 5.39. The molecule has 0 aliphatic heterocycles. The number of carbonyl (C=O) groups excluding carboxylic acids is 1. The molecular formula is C18H9ClF5NO3. The summed E-state index contributed by atoms with van der Waals surface area (Å²) in [6.45, 7) is -0.326. The molecule has 0 bridgehead atoms. The maximum atomic E-state index is 13.7. The Balaban J connectivity index is 1.91. The van der Waals surface area contributed by atoms with Crippen molar-refractivity contribution in [3.63, 3.8) is 0 Å². The van der Waals surface area contributed by atoms with Gasteiger partial charge in [-0.15, -0.1) is 0 Å². The van der Waals surface area contributed by atoms with Crippen molar-refractivity contribution in [1.29, 1.82) is 0 Å². The number of aliphatic hydroxyl groups is 1. The third-order valence-corrected chi connectivity index (χ3v) is 4.06. The van der Waals surface area contributed by atoms with Crippen LogP contribution in [0.25, 0.3) is 11.3 Å². The first-order valence-electron chi connectivity index (χ1n) is 7.56. The van der Waals surface area contributed by atoms with E-state index in [9.17, 15) is 26.7 Å². The predicted molar refractivity (Wildman–Crippen MR) is 89.3 cm³/mol. The second kappa shape index (κ2) is 7.61. The van der Waals surface area contributed by atoms with Gasteiger partial charge in [-0.05, 0) is 30.3 Å². The van der Waals surface area contributed by atoms with E-state index < -0.39 is 40.6 Å². The van der Waals surface area contributed by atoms with Gasteiger partial charge in [0.25, 0.3) is 5.91 Å². The fourth-order valence-electron chi connectivity index (χ4n) is 2.40. The summed E-state index contributed by atoms with van der Waals surface area (Å²) in [4.78, 5) is 12.0. The molecule has 0 saturated heterocycles. The Labute approximate surface area is 159 Å². The van der Waals surface area contributed by atoms with E-state index in [4.69, 9.17) is 21.1 Å². The smallest absolute Gasteiger partial charge is 0.261 e. The minimum atomic E-state index is -2.36. The van der Waals surface area contributed by atoms with Crippen molar-refractivity contribution in [2.24, 2.45) is 0 Å². The predicted octanol–water partition coefficient (Wildman–Crippen LogP) is 5.04. The molecule has 0 unspecified atom stereocenters. The highest BCUT2D eigenvalue weighted by atomic mass is 35.5. The van der Waals surface area contributed by atoms with Crippen LogP contribution in [0.5, 0.6) is 0 Å². The van der Waals surface area contributed by atoms with Crippen molar-refractivity contribution in [3.05, 3.63) is 75.8 Å². The first-order valence-corrected chi connectivity index (χ1v) is 7.94. The lowest BCUT2D eigenvalue weighted by Crippen LogP contribution is -2.19. The zero-order valence-corrected chi connectivity index (χ0v) is 14.4. The Morgan fingerprint density at radius 1 is 0.964 bits per heavy atom. The molecule has 10 heteroatoms. The molecule has 0 radical (unpaired) electrons. The van der Waals surface area contributed by atoms with Gasteiger partial charge in [0.2, 0.25) is 5.82 Å². The van der Waals surface area contributed by atoms with E-state index in [0.717, 1.165) is 0 Å². The Bertz CT molecular complexity index is 1050. The van der Waals surface area contributed by atoms with Crippen LogP contribution >= 0.6 is 11.6 Å². The summed E-state index contributed by atoms with van der Waals surface area (Å²) in [6, 6.07) is 6.94. The highest BCUT2D eigenvalue weighted by Gasteiger charge is 2.29. The van der Waals surface area contributed by atoms with Crippen LogP contribution in [0.2, 0.25) is 5.02 Å². The van der Waals surface area contributed by atoms with Crippen LogP contribution in [0.4, 0.5) is 27.6 Å². The fraction of sp³-hybridized carbons (Fsp3) is 0.0556. The topological polar surface area (TPSA) is 62.5 Å². The SMILES string of the molecule is O=C(Nc1ccc(-c2ccc(CO)o2)c(Cl)c1)c1c(F)c(F)c(F)c(F)c1F. The molecule has 3 aromatic rings. The summed E-state index contributed by atoms with van der Waals surface area (Å²) in [7, 11) is 0. The zero-order valence-electron chi connectivity index (χ0n) is 13.6. The Morgan fingerprint density at radius 3 is 2.11 bits per heavy atom. The van der Waals surface area contributed by atoms with Gasteiger partial charge in [-0.2, -0.15) is 0 Å². The number of halogens is 6. The van der Waals surface area contributed by atoms with Crippen LogP contribution in [-0.4, -0.2) is 11.0 Å². The summed E-state index contributed by atoms with van der Waals surface area (Å²) in [6.07, 6.45) is 0. The third-order valence-electron chi connectivity index (χ3n) is 3.75. The molecule has 0 aliphatic carbocycles. The van der Waals surface area contributed by atoms with Crippen LogP contribution in [0, 0.1) is 29.1 Å². The molecule has 3 rings (SSSR count). The number of benzene rings is 2. The highest BCUT2D eigenvalue weighted by Crippen LogP contribution is 2.32. The number of anilines is 1. The maximum absolute atomic E-state index is 13.7. The van der Waals surface area contributed by atoms with Crippen LogP contribution in [0.1, 0.15) is 16.1 Å². The van der Waals surface area contributed by atoms with Gasteiger partial charge in [0.1, 0.15) is 23.7 Å². The van der Waals surface area contributed by atoms with Gasteiger partial charge >= 0.3 is 0 Å². The average molecular weight is 418 g/mol. The molecule has 28 heavy (non-hydrogen) atoms. The summed E-state index contributed by atoms with van der Waals surface area (Å²) in [5.74, 6) is -12.3. The first kappa shape index (κ1) is 19.8. The Hall–Kier alpha value is -2.91. The normalized spacial score (nSPS) is 11.0. The molecular weight excluding hydrogens is 409 g/mol. The molecule has 1 amide bonds. The summed E-state index contributed by atoms with van der Waals surface area (Å²) in [5, 5.41) is 11.1. The number of hydrogen-bond donors (Lipinski definition) is 2. The summed E-state index contributed by atoms with van der Waals surface area (Å²) < 4.78 is 72.3. The molecule has 2 aromatic carbocycles. The molecule has 0 fully saturated rings. The van der Waals surface area contributed by atoms with E-state index >= 15 is 0 Å². The van der Waals surface area contributed by atoms with Crippen LogP contribution in [0.15, 0.2) is 34.7 Å². The second-order valence-corrected chi connectivity index (χ2v) is 5.92. The van der Waals surface area contributed by atoms with Crippen LogP contribution in [-0.2, 0) is 6.61 Å². The molecule has 0 aliphatic rings. The van der Waals surface area contributed by atoms with Crippen molar-refractivity contribution >= 4 is 23.2 Å². The highest BCUT2D eigenvalue weighted by molar-refractivity contribution is 6.33. The summed E-state index contributed by atoms with van der Waals surface area (Å²) >= 11 is 6.09. The van der Waals surface area contributed by atoms with Gasteiger partial charge in [0.05, 0.1) is 5.02 Å². The number of rotatable bonds is 4. The number of hydrogen-bond acceptors (Lipinski definition) is 3. The van der Waals surface area contributed by atoms with E-state index in [1.807, 2.05) is 5.32 Å². The quantitative estimate of drug-likeness (QED) is 0.355. The van der Waals surface area contributed by atoms with Gasteiger partial charge in [-0.25, -0.2) is 22.0 Å². The molecule has 0 saturated carbocycles. The van der Waals surface area contributed by atoms with Gasteiger partial charge in [0, 0.05) is 11.3 Å². The van der Waals surface area contributed by atoms with Crippen molar-refractivity contribution in [2.45, 2.75) is 6.61 Å². The lowest BCUT2D eigenvalue weighted by Gasteiger charge is -2.10. The largest absolute Gasteiger partial charge is 0.459 e. The number of amides is 1. The van der Waals surface area contributed by atoms with Crippen molar-refractivity contribution < 1.29 is 36.3 Å². The minimum absolute atomic E-state index is 0.0587. The standard InChI is InChI=1S/C18H9ClF5NO3/c19-10-5-7(1-3-9(10)11-4-2-8(6-26)28-11)25-18(27)12-13(20)15(22)17(24)16(23)14(12)21/h1-5,26H,6H2,(H,25,27). The van der Waals surface area contributed by atoms with E-state index in [-0.39, 0.29) is 23.1 Å². The first-order chi connectivity index (χ1) is 13.2. The molecule has 0 spiro atoms. The molecule has 2 N–H and O–H groups in total. The molecule has 4 nitrogen and oxygen atoms in total. The van der Waals surface area contributed by atoms with Crippen LogP contribution in [0.3, 0.4) is 0 Å². The second-order valence-electron chi connectivity index (χ2n) is 5.52. The molecule has 1 aromatic heterocycles. The molecule has 146 valence electrons. The van der Waals surface area contributed by atoms with Gasteiger partial charge in [0.15, 0.2) is 23.3 Å². The monoisotopic (exact) mass is 417 g/mol. The number of carbonyl (C=O) groups is 1. The van der Waals surface area contributed by atoms with Gasteiger partial charge in [-0.3, -0.25) is 4.79 Å². The fourth-order valence-corrected chi connectivity index (χ4v) is 2.67. The van der Waals surface area contributed by atoms with Crippen molar-refractivity contribution in [2.75, 3.05) is 5.32 Å². The summed E-state index contributed by atoms with van der Waals surface area (Å²) in [5.41, 5.74) is -1.29. The van der Waals surface area contributed by atoms with E-state index in [1.165, 1.54) is 24.3 Å². The van der Waals surface area contributed by atoms with E-state index in [2.05, 4.69) is 0 Å². The van der Waals surface area contributed by atoms with Gasteiger partial charge in [-0.1, -0.05) is 11.6 Å². The number of nitrogens with one attached hydrogen (secondary N) is 1. The van der Waals surface area contributed by atoms with E-state index in [0.29, 0.717) is 11.3 Å². The number of furan rings is 1. The number of aliphatic hydroxyl groups excluding tert-OH is 1. The lowest BCUT2D eigenvalue weighted by molar-refractivity contribution is 0.101. The zero-order chi connectivity index (χ0) is 20.6.